The molecule has 0 bridgehead atoms. The molecule has 3 heteroatoms. The minimum Gasteiger partial charge on any atom is -0.469 e. The first-order valence-electron chi connectivity index (χ1n) is 5.90. The fourth-order valence-corrected chi connectivity index (χ4v) is 2.03. The van der Waals surface area contributed by atoms with Gasteiger partial charge in [0.15, 0.2) is 0 Å². The Morgan fingerprint density at radius 1 is 1.33 bits per heavy atom. The first kappa shape index (κ1) is 12.5. The Bertz CT molecular complexity index is 195. The topological polar surface area (TPSA) is 35.5 Å². The van der Waals surface area contributed by atoms with Crippen molar-refractivity contribution in [1.82, 2.24) is 0 Å². The predicted octanol–water partition coefficient (Wildman–Crippen LogP) is 2.53. The summed E-state index contributed by atoms with van der Waals surface area (Å²) in [4.78, 5) is 11.3. The third-order valence-electron chi connectivity index (χ3n) is 3.21. The van der Waals surface area contributed by atoms with Crippen molar-refractivity contribution in [2.75, 3.05) is 7.11 Å². The first-order valence-corrected chi connectivity index (χ1v) is 5.90. The first-order chi connectivity index (χ1) is 7.17. The van der Waals surface area contributed by atoms with Crippen molar-refractivity contribution in [2.45, 2.75) is 58.2 Å². The third kappa shape index (κ3) is 3.82. The van der Waals surface area contributed by atoms with Crippen molar-refractivity contribution >= 4 is 5.97 Å². The minimum atomic E-state index is -0.0583. The largest absolute Gasteiger partial charge is 0.469 e. The molecule has 0 aromatic heterocycles. The number of hydrogen-bond donors (Lipinski definition) is 0. The average molecular weight is 214 g/mol. The number of rotatable bonds is 4. The summed E-state index contributed by atoms with van der Waals surface area (Å²) in [6.45, 7) is 4.23. The van der Waals surface area contributed by atoms with Crippen molar-refractivity contribution in [3.05, 3.63) is 0 Å². The molecule has 1 aliphatic rings. The maximum Gasteiger partial charge on any atom is 0.308 e. The number of esters is 1. The van der Waals surface area contributed by atoms with Gasteiger partial charge in [0, 0.05) is 0 Å². The number of carbonyl (C=O) groups excluding carboxylic acids is 1. The van der Waals surface area contributed by atoms with Gasteiger partial charge in [-0.1, -0.05) is 6.92 Å². The normalized spacial score (nSPS) is 28.5. The SMILES string of the molecule is CCC(C)OC1CCC(C(=O)OC)CC1. The van der Waals surface area contributed by atoms with Crippen LogP contribution in [0.25, 0.3) is 0 Å². The Balaban J connectivity index is 2.26. The molecule has 1 saturated carbocycles. The van der Waals surface area contributed by atoms with Crippen molar-refractivity contribution in [2.24, 2.45) is 5.92 Å². The van der Waals surface area contributed by atoms with Crippen molar-refractivity contribution in [3.8, 4) is 0 Å². The monoisotopic (exact) mass is 214 g/mol. The molecule has 15 heavy (non-hydrogen) atoms. The van der Waals surface area contributed by atoms with E-state index in [1.807, 2.05) is 0 Å². The van der Waals surface area contributed by atoms with Gasteiger partial charge in [0.1, 0.15) is 0 Å². The van der Waals surface area contributed by atoms with Gasteiger partial charge in [0.25, 0.3) is 0 Å². The molecule has 0 N–H and O–H groups in total. The van der Waals surface area contributed by atoms with Crippen LogP contribution >= 0.6 is 0 Å². The highest BCUT2D eigenvalue weighted by molar-refractivity contribution is 5.72. The van der Waals surface area contributed by atoms with Crippen molar-refractivity contribution in [3.63, 3.8) is 0 Å². The van der Waals surface area contributed by atoms with Gasteiger partial charge in [-0.15, -0.1) is 0 Å². The lowest BCUT2D eigenvalue weighted by molar-refractivity contribution is -0.147. The summed E-state index contributed by atoms with van der Waals surface area (Å²) >= 11 is 0. The van der Waals surface area contributed by atoms with Gasteiger partial charge in [-0.3, -0.25) is 4.79 Å². The zero-order valence-corrected chi connectivity index (χ0v) is 9.99. The zero-order valence-electron chi connectivity index (χ0n) is 9.99. The van der Waals surface area contributed by atoms with Crippen LogP contribution in [0, 0.1) is 5.92 Å². The van der Waals surface area contributed by atoms with E-state index in [1.165, 1.54) is 7.11 Å². The van der Waals surface area contributed by atoms with E-state index in [-0.39, 0.29) is 11.9 Å². The fourth-order valence-electron chi connectivity index (χ4n) is 2.03. The molecule has 88 valence electrons. The molecule has 0 heterocycles. The van der Waals surface area contributed by atoms with Gasteiger partial charge in [-0.05, 0) is 39.0 Å². The molecule has 1 rings (SSSR count). The van der Waals surface area contributed by atoms with Crippen molar-refractivity contribution < 1.29 is 14.3 Å². The van der Waals surface area contributed by atoms with E-state index in [1.54, 1.807) is 0 Å². The molecule has 1 atom stereocenters. The van der Waals surface area contributed by atoms with Gasteiger partial charge in [-0.2, -0.15) is 0 Å². The molecule has 0 radical (unpaired) electrons. The smallest absolute Gasteiger partial charge is 0.308 e. The highest BCUT2D eigenvalue weighted by Crippen LogP contribution is 2.27. The summed E-state index contributed by atoms with van der Waals surface area (Å²) in [5.41, 5.74) is 0. The quantitative estimate of drug-likeness (QED) is 0.675. The lowest BCUT2D eigenvalue weighted by Crippen LogP contribution is -2.29. The Hall–Kier alpha value is -0.570. The molecular formula is C12H22O3. The van der Waals surface area contributed by atoms with E-state index in [0.29, 0.717) is 12.2 Å². The van der Waals surface area contributed by atoms with Crippen LogP contribution in [-0.2, 0) is 14.3 Å². The second kappa shape index (κ2) is 6.11. The highest BCUT2D eigenvalue weighted by Gasteiger charge is 2.27. The van der Waals surface area contributed by atoms with E-state index in [9.17, 15) is 4.79 Å². The molecule has 0 aromatic carbocycles. The Labute approximate surface area is 92.1 Å². The molecule has 0 aromatic rings. The van der Waals surface area contributed by atoms with Crippen LogP contribution < -0.4 is 0 Å². The molecule has 3 nitrogen and oxygen atoms in total. The Kier molecular flexibility index (Phi) is 5.09. The summed E-state index contributed by atoms with van der Waals surface area (Å²) in [7, 11) is 1.46. The predicted molar refractivity (Wildman–Crippen MR) is 58.6 cm³/mol. The lowest BCUT2D eigenvalue weighted by atomic mass is 9.87. The van der Waals surface area contributed by atoms with Crippen LogP contribution in [0.1, 0.15) is 46.0 Å². The highest BCUT2D eigenvalue weighted by atomic mass is 16.5. The molecule has 0 spiro atoms. The van der Waals surface area contributed by atoms with Gasteiger partial charge in [-0.25, -0.2) is 0 Å². The standard InChI is InChI=1S/C12H22O3/c1-4-9(2)15-11-7-5-10(6-8-11)12(13)14-3/h9-11H,4-8H2,1-3H3. The Morgan fingerprint density at radius 2 is 1.93 bits per heavy atom. The summed E-state index contributed by atoms with van der Waals surface area (Å²) < 4.78 is 10.6. The zero-order chi connectivity index (χ0) is 11.3. The number of ether oxygens (including phenoxy) is 2. The van der Waals surface area contributed by atoms with E-state index in [0.717, 1.165) is 32.1 Å². The van der Waals surface area contributed by atoms with E-state index in [4.69, 9.17) is 9.47 Å². The minimum absolute atomic E-state index is 0.0583. The number of methoxy groups -OCH3 is 1. The van der Waals surface area contributed by atoms with Crippen LogP contribution in [0.15, 0.2) is 0 Å². The van der Waals surface area contributed by atoms with Gasteiger partial charge >= 0.3 is 5.97 Å². The van der Waals surface area contributed by atoms with E-state index in [2.05, 4.69) is 13.8 Å². The van der Waals surface area contributed by atoms with E-state index >= 15 is 0 Å². The molecule has 0 aliphatic heterocycles. The van der Waals surface area contributed by atoms with Crippen LogP contribution in [0.4, 0.5) is 0 Å². The Morgan fingerprint density at radius 3 is 2.40 bits per heavy atom. The number of carbonyl (C=O) groups is 1. The third-order valence-corrected chi connectivity index (χ3v) is 3.21. The van der Waals surface area contributed by atoms with E-state index < -0.39 is 0 Å². The van der Waals surface area contributed by atoms with Crippen LogP contribution in [-0.4, -0.2) is 25.3 Å². The van der Waals surface area contributed by atoms with Gasteiger partial charge in [0.05, 0.1) is 25.2 Å². The molecule has 1 fully saturated rings. The molecule has 1 unspecified atom stereocenters. The van der Waals surface area contributed by atoms with Gasteiger partial charge < -0.3 is 9.47 Å². The maximum absolute atomic E-state index is 11.3. The van der Waals surface area contributed by atoms with Crippen LogP contribution in [0.2, 0.25) is 0 Å². The molecular weight excluding hydrogens is 192 g/mol. The second-order valence-electron chi connectivity index (χ2n) is 4.35. The van der Waals surface area contributed by atoms with Crippen molar-refractivity contribution in [1.29, 1.82) is 0 Å². The summed E-state index contributed by atoms with van der Waals surface area (Å²) in [5.74, 6) is 0.0452. The number of hydrogen-bond acceptors (Lipinski definition) is 3. The molecule has 1 aliphatic carbocycles. The molecule has 0 saturated heterocycles. The van der Waals surface area contributed by atoms with Gasteiger partial charge in [0.2, 0.25) is 0 Å². The average Bonchev–Trinajstić information content (AvgIpc) is 2.29. The fraction of sp³-hybridized carbons (Fsp3) is 0.917. The summed E-state index contributed by atoms with van der Waals surface area (Å²) in [6, 6.07) is 0. The molecule has 0 amide bonds. The van der Waals surface area contributed by atoms with Crippen LogP contribution in [0.3, 0.4) is 0 Å². The van der Waals surface area contributed by atoms with Crippen LogP contribution in [0.5, 0.6) is 0 Å². The second-order valence-corrected chi connectivity index (χ2v) is 4.35. The summed E-state index contributed by atoms with van der Waals surface area (Å²) in [6.07, 6.45) is 5.54. The maximum atomic E-state index is 11.3. The summed E-state index contributed by atoms with van der Waals surface area (Å²) in [5, 5.41) is 0. The lowest BCUT2D eigenvalue weighted by Gasteiger charge is -2.28.